The van der Waals surface area contributed by atoms with Crippen molar-refractivity contribution in [2.45, 2.75) is 13.2 Å². The van der Waals surface area contributed by atoms with Crippen molar-refractivity contribution in [2.24, 2.45) is 0 Å². The summed E-state index contributed by atoms with van der Waals surface area (Å²) in [6.45, 7) is 1.28. The monoisotopic (exact) mass is 125 g/mol. The predicted octanol–water partition coefficient (Wildman–Crippen LogP) is -1.03. The minimum atomic E-state index is -1.50. The van der Waals surface area contributed by atoms with E-state index in [4.69, 9.17) is 25.5 Å². The van der Waals surface area contributed by atoms with Crippen LogP contribution in [0.5, 0.6) is 0 Å². The highest BCUT2D eigenvalue weighted by Crippen LogP contribution is 1.57. The molecule has 50 valence electrons. The Bertz CT molecular complexity index is 54.7. The molecule has 0 aliphatic carbocycles. The summed E-state index contributed by atoms with van der Waals surface area (Å²) in [5.74, 6) is 0. The number of hydrogen-bond acceptors (Lipinski definition) is 4. The molecule has 0 fully saturated rings. The minimum Gasteiger partial charge on any atom is -0.368 e. The molecule has 0 unspecified atom stereocenters. The molecule has 6 heteroatoms. The van der Waals surface area contributed by atoms with Crippen LogP contribution in [0.15, 0.2) is 0 Å². The number of rotatable bonds is 0. The van der Waals surface area contributed by atoms with E-state index < -0.39 is 11.4 Å². The van der Waals surface area contributed by atoms with E-state index in [-0.39, 0.29) is 0 Å². The number of aliphatic hydroxyl groups excluding tert-OH is 1. The van der Waals surface area contributed by atoms with Crippen molar-refractivity contribution in [3.8, 4) is 0 Å². The molecule has 0 aromatic rings. The zero-order valence-electron chi connectivity index (χ0n) is 4.18. The fourth-order valence-electron chi connectivity index (χ4n) is 0. The highest BCUT2D eigenvalue weighted by atomic mass is 16.9. The fraction of sp³-hybridized carbons (Fsp3) is 1.00. The maximum absolute atomic E-state index is 8.36. The molecule has 0 spiro atoms. The topological polar surface area (TPSA) is 104 Å². The summed E-state index contributed by atoms with van der Waals surface area (Å²) in [5.41, 5.74) is 0. The maximum atomic E-state index is 8.36. The van der Waals surface area contributed by atoms with Gasteiger partial charge in [-0.15, -0.1) is 10.1 Å². The highest BCUT2D eigenvalue weighted by molar-refractivity contribution is 4.02. The van der Waals surface area contributed by atoms with Crippen LogP contribution in [0, 0.1) is 10.1 Å². The van der Waals surface area contributed by atoms with Crippen LogP contribution < -0.4 is 0 Å². The second kappa shape index (κ2) is 6.12. The Morgan fingerprint density at radius 3 is 1.62 bits per heavy atom. The first-order valence-electron chi connectivity index (χ1n) is 1.66. The maximum Gasteiger partial charge on any atom is 0.291 e. The van der Waals surface area contributed by atoms with Gasteiger partial charge in [0.1, 0.15) is 6.29 Å². The molecule has 0 aliphatic rings. The summed E-state index contributed by atoms with van der Waals surface area (Å²) in [7, 11) is 0. The molecule has 0 heterocycles. The van der Waals surface area contributed by atoms with E-state index in [0.29, 0.717) is 0 Å². The zero-order chi connectivity index (χ0) is 7.15. The average molecular weight is 125 g/mol. The van der Waals surface area contributed by atoms with Gasteiger partial charge in [-0.1, -0.05) is 0 Å². The van der Waals surface area contributed by atoms with Gasteiger partial charge in [0, 0.05) is 0 Å². The molecule has 0 radical (unpaired) electrons. The van der Waals surface area contributed by atoms with E-state index in [9.17, 15) is 0 Å². The van der Waals surface area contributed by atoms with Crippen LogP contribution in [0.25, 0.3) is 0 Å². The summed E-state index contributed by atoms with van der Waals surface area (Å²) >= 11 is 0. The quantitative estimate of drug-likeness (QED) is 0.218. The lowest BCUT2D eigenvalue weighted by Gasteiger charge is -1.80. The summed E-state index contributed by atoms with van der Waals surface area (Å²) in [5, 5.41) is 28.9. The van der Waals surface area contributed by atoms with Crippen LogP contribution in [-0.2, 0) is 0 Å². The number of nitrogens with zero attached hydrogens (tertiary/aromatic N) is 1. The van der Waals surface area contributed by atoms with Gasteiger partial charge in [-0.05, 0) is 6.92 Å². The molecule has 0 saturated heterocycles. The van der Waals surface area contributed by atoms with Gasteiger partial charge in [-0.25, -0.2) is 0 Å². The molecule has 0 rings (SSSR count). The van der Waals surface area contributed by atoms with Crippen LogP contribution >= 0.6 is 0 Å². The summed E-state index contributed by atoms with van der Waals surface area (Å²) in [4.78, 5) is 8.36. The van der Waals surface area contributed by atoms with Crippen molar-refractivity contribution in [1.29, 1.82) is 0 Å². The van der Waals surface area contributed by atoms with Crippen molar-refractivity contribution < 1.29 is 20.5 Å². The lowest BCUT2D eigenvalue weighted by atomic mass is 10.8. The Kier molecular flexibility index (Phi) is 7.78. The Balaban J connectivity index is 0. The van der Waals surface area contributed by atoms with Gasteiger partial charge in [-0.3, -0.25) is 0 Å². The van der Waals surface area contributed by atoms with E-state index in [1.807, 2.05) is 0 Å². The second-order valence-electron chi connectivity index (χ2n) is 0.870. The van der Waals surface area contributed by atoms with Crippen LogP contribution in [0.4, 0.5) is 0 Å². The SMILES string of the molecule is CC(O)O.O=[N+]([O-])O. The molecular formula is C2H7NO5. The third-order valence-corrected chi connectivity index (χ3v) is 0. The number of aliphatic hydroxyl groups is 2. The van der Waals surface area contributed by atoms with Gasteiger partial charge in [-0.2, -0.15) is 0 Å². The van der Waals surface area contributed by atoms with Gasteiger partial charge in [0.05, 0.1) is 0 Å². The van der Waals surface area contributed by atoms with Crippen molar-refractivity contribution >= 4 is 0 Å². The van der Waals surface area contributed by atoms with Crippen molar-refractivity contribution in [1.82, 2.24) is 0 Å². The van der Waals surface area contributed by atoms with Crippen LogP contribution in [0.2, 0.25) is 0 Å². The first-order valence-corrected chi connectivity index (χ1v) is 1.66. The van der Waals surface area contributed by atoms with E-state index in [1.54, 1.807) is 0 Å². The first kappa shape index (κ1) is 10.2. The Morgan fingerprint density at radius 1 is 1.62 bits per heavy atom. The third-order valence-electron chi connectivity index (χ3n) is 0. The molecular weight excluding hydrogens is 118 g/mol. The lowest BCUT2D eigenvalue weighted by molar-refractivity contribution is -0.742. The van der Waals surface area contributed by atoms with E-state index in [1.165, 1.54) is 6.92 Å². The molecule has 0 amide bonds. The molecule has 0 aromatic heterocycles. The smallest absolute Gasteiger partial charge is 0.291 e. The molecule has 6 nitrogen and oxygen atoms in total. The molecule has 0 saturated carbocycles. The van der Waals surface area contributed by atoms with Gasteiger partial charge in [0.25, 0.3) is 5.09 Å². The summed E-state index contributed by atoms with van der Waals surface area (Å²) in [6.07, 6.45) is -1.17. The van der Waals surface area contributed by atoms with Gasteiger partial charge in [0.15, 0.2) is 0 Å². The predicted molar refractivity (Wildman–Crippen MR) is 22.7 cm³/mol. The van der Waals surface area contributed by atoms with Crippen molar-refractivity contribution in [3.05, 3.63) is 10.1 Å². The normalized spacial score (nSPS) is 7.50. The standard InChI is InChI=1S/C2H6O2.HNO3/c1-2(3)4;2-1(3)4/h2-4H,1H3;(H,2,3,4). The summed E-state index contributed by atoms with van der Waals surface area (Å²) in [6, 6.07) is 0. The zero-order valence-corrected chi connectivity index (χ0v) is 4.18. The third kappa shape index (κ3) is 112. The van der Waals surface area contributed by atoms with Crippen LogP contribution in [-0.4, -0.2) is 26.8 Å². The molecule has 0 atom stereocenters. The van der Waals surface area contributed by atoms with Gasteiger partial charge >= 0.3 is 0 Å². The van der Waals surface area contributed by atoms with E-state index in [2.05, 4.69) is 0 Å². The molecule has 0 aromatic carbocycles. The van der Waals surface area contributed by atoms with Crippen LogP contribution in [0.3, 0.4) is 0 Å². The molecule has 0 aliphatic heterocycles. The summed E-state index contributed by atoms with van der Waals surface area (Å²) < 4.78 is 0. The average Bonchev–Trinajstić information content (AvgIpc) is 1.25. The lowest BCUT2D eigenvalue weighted by Crippen LogP contribution is -1.92. The van der Waals surface area contributed by atoms with E-state index in [0.717, 1.165) is 0 Å². The Hall–Kier alpha value is -0.880. The minimum absolute atomic E-state index is 1.17. The van der Waals surface area contributed by atoms with Gasteiger partial charge in [0.2, 0.25) is 0 Å². The largest absolute Gasteiger partial charge is 0.368 e. The van der Waals surface area contributed by atoms with Gasteiger partial charge < -0.3 is 15.4 Å². The van der Waals surface area contributed by atoms with E-state index >= 15 is 0 Å². The number of hydrogen-bond donors (Lipinski definition) is 3. The van der Waals surface area contributed by atoms with Crippen LogP contribution in [0.1, 0.15) is 6.92 Å². The van der Waals surface area contributed by atoms with Crippen molar-refractivity contribution in [3.63, 3.8) is 0 Å². The highest BCUT2D eigenvalue weighted by Gasteiger charge is 1.70. The Labute approximate surface area is 45.1 Å². The molecule has 8 heavy (non-hydrogen) atoms. The molecule has 3 N–H and O–H groups in total. The molecule has 0 bridgehead atoms. The Morgan fingerprint density at radius 2 is 1.62 bits per heavy atom. The van der Waals surface area contributed by atoms with Crippen molar-refractivity contribution in [2.75, 3.05) is 0 Å². The fourth-order valence-corrected chi connectivity index (χ4v) is 0. The first-order chi connectivity index (χ1) is 3.46. The second-order valence-corrected chi connectivity index (χ2v) is 0.870.